The maximum absolute atomic E-state index is 13.4. The van der Waals surface area contributed by atoms with E-state index in [1.807, 2.05) is 0 Å². The summed E-state index contributed by atoms with van der Waals surface area (Å²) in [4.78, 5) is 12.0. The highest BCUT2D eigenvalue weighted by molar-refractivity contribution is 5.66. The molecule has 2 heterocycles. The SMILES string of the molecule is N[C@H]1C[C@H]2CC[C@@H]([C@H]1F)N2C(=O)O. The molecular formula is C8H13FN2O2. The van der Waals surface area contributed by atoms with E-state index in [0.29, 0.717) is 12.8 Å². The number of carbonyl (C=O) groups is 1. The van der Waals surface area contributed by atoms with Gasteiger partial charge in [-0.2, -0.15) is 0 Å². The van der Waals surface area contributed by atoms with Gasteiger partial charge in [0, 0.05) is 12.1 Å². The van der Waals surface area contributed by atoms with Crippen LogP contribution >= 0.6 is 0 Å². The predicted molar refractivity (Wildman–Crippen MR) is 44.2 cm³/mol. The molecular weight excluding hydrogens is 175 g/mol. The van der Waals surface area contributed by atoms with Crippen molar-refractivity contribution >= 4 is 6.09 Å². The summed E-state index contributed by atoms with van der Waals surface area (Å²) in [5, 5.41) is 8.84. The zero-order valence-electron chi connectivity index (χ0n) is 7.19. The van der Waals surface area contributed by atoms with Gasteiger partial charge in [-0.15, -0.1) is 0 Å². The van der Waals surface area contributed by atoms with Gasteiger partial charge < -0.3 is 10.8 Å². The van der Waals surface area contributed by atoms with Gasteiger partial charge in [0.25, 0.3) is 0 Å². The molecule has 4 nitrogen and oxygen atoms in total. The van der Waals surface area contributed by atoms with E-state index in [-0.39, 0.29) is 6.04 Å². The van der Waals surface area contributed by atoms with Gasteiger partial charge in [0.05, 0.1) is 6.04 Å². The van der Waals surface area contributed by atoms with Crippen molar-refractivity contribution in [2.45, 2.75) is 43.6 Å². The monoisotopic (exact) mass is 188 g/mol. The fraction of sp³-hybridized carbons (Fsp3) is 0.875. The molecule has 0 saturated carbocycles. The molecule has 2 rings (SSSR count). The Hall–Kier alpha value is -0.840. The van der Waals surface area contributed by atoms with Crippen LogP contribution in [0.2, 0.25) is 0 Å². The van der Waals surface area contributed by atoms with E-state index in [1.54, 1.807) is 0 Å². The molecule has 4 atom stereocenters. The molecule has 74 valence electrons. The summed E-state index contributed by atoms with van der Waals surface area (Å²) in [6, 6.07) is -1.02. The number of halogens is 1. The second-order valence-electron chi connectivity index (χ2n) is 3.83. The standard InChI is InChI=1S/C8H13FN2O2/c9-7-5(10)3-4-1-2-6(7)11(4)8(12)13/h4-7H,1-3,10H2,(H,12,13)/t4-,5+,6+,7+/m1/s1. The molecule has 3 N–H and O–H groups in total. The number of carboxylic acid groups (broad SMARTS) is 1. The fourth-order valence-electron chi connectivity index (χ4n) is 2.48. The number of hydrogen-bond acceptors (Lipinski definition) is 2. The summed E-state index contributed by atoms with van der Waals surface area (Å²) in [7, 11) is 0. The zero-order chi connectivity index (χ0) is 9.59. The van der Waals surface area contributed by atoms with Gasteiger partial charge >= 0.3 is 6.09 Å². The van der Waals surface area contributed by atoms with Crippen molar-refractivity contribution in [1.29, 1.82) is 0 Å². The van der Waals surface area contributed by atoms with E-state index in [0.717, 1.165) is 6.42 Å². The third kappa shape index (κ3) is 1.18. The Morgan fingerprint density at radius 1 is 1.54 bits per heavy atom. The van der Waals surface area contributed by atoms with Crippen molar-refractivity contribution in [1.82, 2.24) is 4.90 Å². The molecule has 13 heavy (non-hydrogen) atoms. The smallest absolute Gasteiger partial charge is 0.407 e. The molecule has 0 aromatic rings. The van der Waals surface area contributed by atoms with Gasteiger partial charge in [0.15, 0.2) is 0 Å². The van der Waals surface area contributed by atoms with Crippen LogP contribution in [0.1, 0.15) is 19.3 Å². The first kappa shape index (κ1) is 8.74. The number of hydrogen-bond donors (Lipinski definition) is 2. The van der Waals surface area contributed by atoms with Crippen molar-refractivity contribution < 1.29 is 14.3 Å². The van der Waals surface area contributed by atoms with Crippen molar-refractivity contribution in [3.8, 4) is 0 Å². The van der Waals surface area contributed by atoms with E-state index in [2.05, 4.69) is 0 Å². The molecule has 2 aliphatic heterocycles. The Morgan fingerprint density at radius 3 is 2.85 bits per heavy atom. The predicted octanol–water partition coefficient (Wildman–Crippen LogP) is 0.567. The van der Waals surface area contributed by atoms with E-state index in [1.165, 1.54) is 4.90 Å². The highest BCUT2D eigenvalue weighted by Crippen LogP contribution is 2.36. The molecule has 0 aliphatic carbocycles. The summed E-state index contributed by atoms with van der Waals surface area (Å²) in [6.45, 7) is 0. The fourth-order valence-corrected chi connectivity index (χ4v) is 2.48. The Balaban J connectivity index is 2.21. The number of nitrogens with zero attached hydrogens (tertiary/aromatic N) is 1. The van der Waals surface area contributed by atoms with Crippen molar-refractivity contribution in [2.24, 2.45) is 5.73 Å². The molecule has 1 amide bonds. The summed E-state index contributed by atoms with van der Waals surface area (Å²) in [5.74, 6) is 0. The van der Waals surface area contributed by atoms with Crippen LogP contribution in [-0.4, -0.2) is 40.4 Å². The van der Waals surface area contributed by atoms with Crippen LogP contribution in [0.3, 0.4) is 0 Å². The minimum atomic E-state index is -1.19. The van der Waals surface area contributed by atoms with E-state index in [9.17, 15) is 9.18 Å². The largest absolute Gasteiger partial charge is 0.465 e. The third-order valence-electron chi connectivity index (χ3n) is 3.09. The van der Waals surface area contributed by atoms with E-state index in [4.69, 9.17) is 10.8 Å². The second-order valence-corrected chi connectivity index (χ2v) is 3.83. The van der Waals surface area contributed by atoms with Crippen molar-refractivity contribution in [3.05, 3.63) is 0 Å². The summed E-state index contributed by atoms with van der Waals surface area (Å²) in [6.07, 6.45) is -0.363. The molecule has 2 aliphatic rings. The highest BCUT2D eigenvalue weighted by Gasteiger charge is 2.48. The first-order valence-corrected chi connectivity index (χ1v) is 4.52. The van der Waals surface area contributed by atoms with Gasteiger partial charge in [0.2, 0.25) is 0 Å². The van der Waals surface area contributed by atoms with Gasteiger partial charge in [-0.25, -0.2) is 9.18 Å². The first-order valence-electron chi connectivity index (χ1n) is 4.52. The molecule has 2 bridgehead atoms. The van der Waals surface area contributed by atoms with Crippen LogP contribution in [0.25, 0.3) is 0 Å². The third-order valence-corrected chi connectivity index (χ3v) is 3.09. The molecule has 2 fully saturated rings. The van der Waals surface area contributed by atoms with Crippen molar-refractivity contribution in [2.75, 3.05) is 0 Å². The molecule has 5 heteroatoms. The Morgan fingerprint density at radius 2 is 2.23 bits per heavy atom. The Bertz CT molecular complexity index is 236. The Labute approximate surface area is 75.5 Å². The lowest BCUT2D eigenvalue weighted by Gasteiger charge is -2.38. The maximum Gasteiger partial charge on any atom is 0.407 e. The van der Waals surface area contributed by atoms with Gasteiger partial charge in [-0.05, 0) is 19.3 Å². The number of piperidine rings is 1. The normalized spacial score (nSPS) is 43.7. The summed E-state index contributed by atoms with van der Waals surface area (Å²) >= 11 is 0. The number of amides is 1. The minimum Gasteiger partial charge on any atom is -0.465 e. The second kappa shape index (κ2) is 2.83. The molecule has 0 radical (unpaired) electrons. The summed E-state index contributed by atoms with van der Waals surface area (Å²) < 4.78 is 13.4. The zero-order valence-corrected chi connectivity index (χ0v) is 7.19. The van der Waals surface area contributed by atoms with Crippen LogP contribution < -0.4 is 5.73 Å². The average Bonchev–Trinajstić information content (AvgIpc) is 2.40. The van der Waals surface area contributed by atoms with Crippen molar-refractivity contribution in [3.63, 3.8) is 0 Å². The van der Waals surface area contributed by atoms with E-state index < -0.39 is 24.3 Å². The lowest BCUT2D eigenvalue weighted by molar-refractivity contribution is 0.0503. The van der Waals surface area contributed by atoms with Gasteiger partial charge in [-0.3, -0.25) is 4.90 Å². The number of nitrogens with two attached hydrogens (primary N) is 1. The van der Waals surface area contributed by atoms with Crippen LogP contribution in [0, 0.1) is 0 Å². The lowest BCUT2D eigenvalue weighted by Crippen LogP contribution is -2.56. The molecule has 2 saturated heterocycles. The number of fused-ring (bicyclic) bond motifs is 2. The van der Waals surface area contributed by atoms with Gasteiger partial charge in [0.1, 0.15) is 6.17 Å². The summed E-state index contributed by atoms with van der Waals surface area (Å²) in [5.41, 5.74) is 5.57. The van der Waals surface area contributed by atoms with Gasteiger partial charge in [-0.1, -0.05) is 0 Å². The molecule has 0 unspecified atom stereocenters. The van der Waals surface area contributed by atoms with E-state index >= 15 is 0 Å². The van der Waals surface area contributed by atoms with Crippen LogP contribution in [-0.2, 0) is 0 Å². The molecule has 0 aromatic carbocycles. The topological polar surface area (TPSA) is 66.6 Å². The average molecular weight is 188 g/mol. The minimum absolute atomic E-state index is 0.0514. The quantitative estimate of drug-likeness (QED) is 0.584. The lowest BCUT2D eigenvalue weighted by atomic mass is 9.97. The first-order chi connectivity index (χ1) is 6.11. The number of rotatable bonds is 0. The highest BCUT2D eigenvalue weighted by atomic mass is 19.1. The Kier molecular flexibility index (Phi) is 1.91. The molecule has 0 spiro atoms. The van der Waals surface area contributed by atoms with Crippen LogP contribution in [0.5, 0.6) is 0 Å². The maximum atomic E-state index is 13.4. The molecule has 0 aromatic heterocycles. The van der Waals surface area contributed by atoms with Crippen LogP contribution in [0.4, 0.5) is 9.18 Å². The number of alkyl halides is 1. The van der Waals surface area contributed by atoms with Crippen LogP contribution in [0.15, 0.2) is 0 Å².